The van der Waals surface area contributed by atoms with E-state index < -0.39 is 0 Å². The molecular formula is C42H43N5. The summed E-state index contributed by atoms with van der Waals surface area (Å²) < 4.78 is 4.33. The van der Waals surface area contributed by atoms with Crippen LogP contribution in [0.25, 0.3) is 33.3 Å². The summed E-state index contributed by atoms with van der Waals surface area (Å²) >= 11 is 0. The quantitative estimate of drug-likeness (QED) is 0.193. The van der Waals surface area contributed by atoms with Gasteiger partial charge in [-0.3, -0.25) is 4.57 Å². The predicted molar refractivity (Wildman–Crippen MR) is 197 cm³/mol. The number of fused-ring (bicyclic) bond motifs is 3. The molecule has 0 atom stereocenters. The molecule has 0 amide bonds. The third kappa shape index (κ3) is 5.40. The van der Waals surface area contributed by atoms with E-state index in [1.807, 2.05) is 23.9 Å². The molecule has 4 aromatic carbocycles. The van der Waals surface area contributed by atoms with Gasteiger partial charge in [-0.25, -0.2) is 9.67 Å². The lowest BCUT2D eigenvalue weighted by Crippen LogP contribution is -2.24. The Morgan fingerprint density at radius 1 is 0.596 bits per heavy atom. The van der Waals surface area contributed by atoms with Crippen molar-refractivity contribution < 1.29 is 0 Å². The molecule has 0 aliphatic heterocycles. The third-order valence-corrected chi connectivity index (χ3v) is 9.01. The molecule has 0 fully saturated rings. The van der Waals surface area contributed by atoms with Gasteiger partial charge in [-0.05, 0) is 90.4 Å². The van der Waals surface area contributed by atoms with Crippen LogP contribution in [0.1, 0.15) is 64.1 Å². The highest BCUT2D eigenvalue weighted by Crippen LogP contribution is 2.47. The van der Waals surface area contributed by atoms with Crippen LogP contribution in [0.4, 0.5) is 17.1 Å². The normalized spacial score (nSPS) is 12.3. The predicted octanol–water partition coefficient (Wildman–Crippen LogP) is 11.0. The molecule has 0 aliphatic rings. The van der Waals surface area contributed by atoms with E-state index in [0.717, 1.165) is 45.3 Å². The van der Waals surface area contributed by atoms with Crippen molar-refractivity contribution >= 4 is 38.9 Å². The van der Waals surface area contributed by atoms with Gasteiger partial charge in [-0.1, -0.05) is 96.1 Å². The third-order valence-electron chi connectivity index (χ3n) is 9.01. The lowest BCUT2D eigenvalue weighted by atomic mass is 9.78. The number of pyridine rings is 1. The van der Waals surface area contributed by atoms with Gasteiger partial charge in [-0.15, -0.1) is 0 Å². The van der Waals surface area contributed by atoms with E-state index in [9.17, 15) is 0 Å². The number of anilines is 3. The minimum atomic E-state index is -0.102. The smallest absolute Gasteiger partial charge is 0.137 e. The van der Waals surface area contributed by atoms with E-state index in [-0.39, 0.29) is 10.8 Å². The van der Waals surface area contributed by atoms with Crippen LogP contribution in [-0.4, -0.2) is 19.3 Å². The van der Waals surface area contributed by atoms with Gasteiger partial charge in [-0.2, -0.15) is 5.10 Å². The molecule has 7 rings (SSSR count). The summed E-state index contributed by atoms with van der Waals surface area (Å²) in [4.78, 5) is 7.27. The Labute approximate surface area is 278 Å². The molecule has 47 heavy (non-hydrogen) atoms. The fraction of sp³-hybridized carbons (Fsp3) is 0.238. The van der Waals surface area contributed by atoms with Crippen molar-refractivity contribution in [3.63, 3.8) is 0 Å². The molecule has 5 heteroatoms. The van der Waals surface area contributed by atoms with Crippen LogP contribution in [0, 0.1) is 13.8 Å². The van der Waals surface area contributed by atoms with Gasteiger partial charge in [0, 0.05) is 34.0 Å². The van der Waals surface area contributed by atoms with Gasteiger partial charge in [0.25, 0.3) is 0 Å². The van der Waals surface area contributed by atoms with Crippen LogP contribution in [0.15, 0.2) is 115 Å². The van der Waals surface area contributed by atoms with Crippen molar-refractivity contribution in [2.75, 3.05) is 4.90 Å². The highest BCUT2D eigenvalue weighted by atomic mass is 15.3. The topological polar surface area (TPSA) is 38.9 Å². The number of para-hydroxylation sites is 2. The Morgan fingerprint density at radius 2 is 1.26 bits per heavy atom. The first-order valence-electron chi connectivity index (χ1n) is 16.4. The van der Waals surface area contributed by atoms with Crippen LogP contribution < -0.4 is 4.90 Å². The fourth-order valence-corrected chi connectivity index (χ4v) is 6.89. The Balaban J connectivity index is 1.57. The molecular weight excluding hydrogens is 574 g/mol. The monoisotopic (exact) mass is 617 g/mol. The first-order valence-corrected chi connectivity index (χ1v) is 16.4. The zero-order valence-corrected chi connectivity index (χ0v) is 28.7. The van der Waals surface area contributed by atoms with E-state index in [1.165, 1.54) is 27.6 Å². The molecule has 0 aliphatic carbocycles. The maximum Gasteiger partial charge on any atom is 0.137 e. The molecule has 0 spiro atoms. The summed E-state index contributed by atoms with van der Waals surface area (Å²) in [6.45, 7) is 18.0. The fourth-order valence-electron chi connectivity index (χ4n) is 6.89. The molecule has 0 bridgehead atoms. The molecule has 0 unspecified atom stereocenters. The Morgan fingerprint density at radius 3 is 1.91 bits per heavy atom. The second-order valence-electron chi connectivity index (χ2n) is 14.6. The van der Waals surface area contributed by atoms with Crippen LogP contribution in [0.2, 0.25) is 0 Å². The van der Waals surface area contributed by atoms with Crippen LogP contribution >= 0.6 is 0 Å². The lowest BCUT2D eigenvalue weighted by Gasteiger charge is -2.37. The summed E-state index contributed by atoms with van der Waals surface area (Å²) in [7, 11) is 0. The first-order chi connectivity index (χ1) is 22.4. The number of aryl methyl sites for hydroxylation is 2. The van der Waals surface area contributed by atoms with E-state index in [1.54, 1.807) is 0 Å². The Bertz CT molecular complexity index is 2210. The van der Waals surface area contributed by atoms with E-state index in [4.69, 9.17) is 10.1 Å². The average molecular weight is 618 g/mol. The summed E-state index contributed by atoms with van der Waals surface area (Å²) in [6.07, 6.45) is 1.87. The SMILES string of the molecule is Cc1cc(C)n(-c2cccc(N(c3ccc4c5ccccc5n(-c5ccccn5)c4c3)c3c(C(C)(C)C)cccc3C(C)(C)C)c2)n1. The standard InChI is InChI=1S/C42H43N5/c1-28-25-29(2)47(44-28)32-16-13-15-30(26-32)45(40-35(41(3,4)5)18-14-19-36(40)42(6,7)8)31-22-23-34-33-17-9-10-20-37(33)46(38(34)27-31)39-21-11-12-24-43-39/h9-27H,1-8H3. The minimum Gasteiger partial charge on any atom is -0.310 e. The molecule has 0 saturated heterocycles. The van der Waals surface area contributed by atoms with Gasteiger partial charge < -0.3 is 4.90 Å². The summed E-state index contributed by atoms with van der Waals surface area (Å²) in [5.41, 5.74) is 11.2. The molecule has 0 N–H and O–H groups in total. The zero-order valence-electron chi connectivity index (χ0n) is 28.7. The van der Waals surface area contributed by atoms with Crippen LogP contribution in [0.5, 0.6) is 0 Å². The second-order valence-corrected chi connectivity index (χ2v) is 14.6. The van der Waals surface area contributed by atoms with Crippen molar-refractivity contribution in [3.05, 3.63) is 138 Å². The number of nitrogens with zero attached hydrogens (tertiary/aromatic N) is 5. The highest BCUT2D eigenvalue weighted by molar-refractivity contribution is 6.10. The number of hydrogen-bond donors (Lipinski definition) is 0. The van der Waals surface area contributed by atoms with E-state index >= 15 is 0 Å². The van der Waals surface area contributed by atoms with Gasteiger partial charge in [0.2, 0.25) is 0 Å². The molecule has 3 aromatic heterocycles. The zero-order chi connectivity index (χ0) is 33.1. The number of aromatic nitrogens is 4. The van der Waals surface area contributed by atoms with Crippen LogP contribution in [-0.2, 0) is 10.8 Å². The van der Waals surface area contributed by atoms with Gasteiger partial charge >= 0.3 is 0 Å². The van der Waals surface area contributed by atoms with Crippen molar-refractivity contribution in [2.45, 2.75) is 66.2 Å². The lowest BCUT2D eigenvalue weighted by molar-refractivity contribution is 0.570. The molecule has 7 aromatic rings. The number of rotatable bonds is 5. The van der Waals surface area contributed by atoms with Gasteiger partial charge in [0.05, 0.1) is 28.1 Å². The number of hydrogen-bond acceptors (Lipinski definition) is 3. The summed E-state index contributed by atoms with van der Waals surface area (Å²) in [5.74, 6) is 0.902. The van der Waals surface area contributed by atoms with Crippen molar-refractivity contribution in [3.8, 4) is 11.5 Å². The number of benzene rings is 4. The van der Waals surface area contributed by atoms with Crippen LogP contribution in [0.3, 0.4) is 0 Å². The highest BCUT2D eigenvalue weighted by Gasteiger charge is 2.30. The van der Waals surface area contributed by atoms with E-state index in [0.29, 0.717) is 0 Å². The molecule has 236 valence electrons. The maximum absolute atomic E-state index is 4.84. The van der Waals surface area contributed by atoms with Crippen molar-refractivity contribution in [1.29, 1.82) is 0 Å². The van der Waals surface area contributed by atoms with Crippen molar-refractivity contribution in [2.24, 2.45) is 0 Å². The van der Waals surface area contributed by atoms with Gasteiger partial charge in [0.1, 0.15) is 5.82 Å². The molecule has 5 nitrogen and oxygen atoms in total. The minimum absolute atomic E-state index is 0.102. The molecule has 0 radical (unpaired) electrons. The summed E-state index contributed by atoms with van der Waals surface area (Å²) in [5, 5.41) is 7.25. The summed E-state index contributed by atoms with van der Waals surface area (Å²) in [6, 6.07) is 39.3. The first kappa shape index (κ1) is 30.5. The van der Waals surface area contributed by atoms with Gasteiger partial charge in [0.15, 0.2) is 0 Å². The average Bonchev–Trinajstić information content (AvgIpc) is 3.56. The molecule has 0 saturated carbocycles. The molecule has 3 heterocycles. The Hall–Kier alpha value is -5.16. The largest absolute Gasteiger partial charge is 0.310 e. The van der Waals surface area contributed by atoms with Crippen molar-refractivity contribution in [1.82, 2.24) is 19.3 Å². The second kappa shape index (κ2) is 11.3. The maximum atomic E-state index is 4.84. The Kier molecular flexibility index (Phi) is 7.31. The van der Waals surface area contributed by atoms with E-state index in [2.05, 4.69) is 161 Å².